The third-order valence-corrected chi connectivity index (χ3v) is 4.49. The lowest BCUT2D eigenvalue weighted by atomic mass is 10.2. The van der Waals surface area contributed by atoms with Crippen LogP contribution in [0.15, 0.2) is 47.6 Å². The molecule has 1 saturated heterocycles. The van der Waals surface area contributed by atoms with E-state index in [1.165, 1.54) is 12.1 Å². The van der Waals surface area contributed by atoms with Crippen molar-refractivity contribution in [3.63, 3.8) is 0 Å². The average molecular weight is 484 g/mol. The van der Waals surface area contributed by atoms with Crippen LogP contribution < -0.4 is 15.5 Å². The van der Waals surface area contributed by atoms with Crippen LogP contribution in [0.5, 0.6) is 0 Å². The van der Waals surface area contributed by atoms with Gasteiger partial charge in [-0.2, -0.15) is 0 Å². The van der Waals surface area contributed by atoms with Gasteiger partial charge < -0.3 is 20.4 Å². The van der Waals surface area contributed by atoms with E-state index in [1.54, 1.807) is 6.20 Å². The fourth-order valence-electron chi connectivity index (χ4n) is 2.92. The molecule has 1 aliphatic rings. The Balaban J connectivity index is 0.00000261. The highest BCUT2D eigenvalue weighted by atomic mass is 127. The van der Waals surface area contributed by atoms with E-state index in [-0.39, 0.29) is 29.8 Å². The fourth-order valence-corrected chi connectivity index (χ4v) is 2.92. The summed E-state index contributed by atoms with van der Waals surface area (Å²) in [6.45, 7) is 3.80. The molecular formula is C19H26FIN6. The maximum absolute atomic E-state index is 13.1. The van der Waals surface area contributed by atoms with Crippen molar-refractivity contribution in [2.24, 2.45) is 10.7 Å². The number of piperazine rings is 1. The molecule has 0 amide bonds. The monoisotopic (exact) mass is 484 g/mol. The molecule has 0 radical (unpaired) electrons. The summed E-state index contributed by atoms with van der Waals surface area (Å²) >= 11 is 0. The van der Waals surface area contributed by atoms with Gasteiger partial charge >= 0.3 is 0 Å². The molecule has 0 unspecified atom stereocenters. The highest BCUT2D eigenvalue weighted by Crippen LogP contribution is 2.17. The first-order valence-electron chi connectivity index (χ1n) is 8.70. The van der Waals surface area contributed by atoms with Crippen LogP contribution in [0.2, 0.25) is 0 Å². The molecule has 0 bridgehead atoms. The molecule has 1 aliphatic heterocycles. The van der Waals surface area contributed by atoms with E-state index in [2.05, 4.69) is 19.8 Å². The number of hydrogen-bond acceptors (Lipinski definition) is 4. The Morgan fingerprint density at radius 3 is 2.44 bits per heavy atom. The highest BCUT2D eigenvalue weighted by Gasteiger charge is 2.18. The minimum atomic E-state index is -0.211. The van der Waals surface area contributed by atoms with Gasteiger partial charge in [0.05, 0.1) is 6.54 Å². The number of anilines is 2. The number of nitrogens with zero attached hydrogens (tertiary/aromatic N) is 5. The van der Waals surface area contributed by atoms with Crippen LogP contribution in [-0.2, 0) is 6.54 Å². The average Bonchev–Trinajstić information content (AvgIpc) is 2.67. The van der Waals surface area contributed by atoms with Crippen LogP contribution in [0.4, 0.5) is 15.9 Å². The Kier molecular flexibility index (Phi) is 7.64. The predicted molar refractivity (Wildman–Crippen MR) is 119 cm³/mol. The van der Waals surface area contributed by atoms with Crippen molar-refractivity contribution in [1.82, 2.24) is 9.88 Å². The molecule has 8 heteroatoms. The van der Waals surface area contributed by atoms with E-state index >= 15 is 0 Å². The number of rotatable bonds is 4. The molecule has 1 fully saturated rings. The molecule has 0 saturated carbocycles. The van der Waals surface area contributed by atoms with Crippen molar-refractivity contribution >= 4 is 41.4 Å². The lowest BCUT2D eigenvalue weighted by Crippen LogP contribution is -2.51. The van der Waals surface area contributed by atoms with Gasteiger partial charge in [0.15, 0.2) is 5.96 Å². The summed E-state index contributed by atoms with van der Waals surface area (Å²) in [6, 6.07) is 10.6. The van der Waals surface area contributed by atoms with Gasteiger partial charge in [0.2, 0.25) is 0 Å². The Morgan fingerprint density at radius 2 is 1.81 bits per heavy atom. The molecular weight excluding hydrogens is 458 g/mol. The van der Waals surface area contributed by atoms with Crippen molar-refractivity contribution in [3.8, 4) is 0 Å². The van der Waals surface area contributed by atoms with E-state index in [9.17, 15) is 4.39 Å². The molecule has 0 aliphatic carbocycles. The number of benzene rings is 1. The minimum absolute atomic E-state index is 0. The van der Waals surface area contributed by atoms with Crippen molar-refractivity contribution in [2.75, 3.05) is 50.1 Å². The number of hydrogen-bond donors (Lipinski definition) is 1. The molecule has 2 aromatic rings. The summed E-state index contributed by atoms with van der Waals surface area (Å²) in [5.74, 6) is 1.26. The Bertz CT molecular complexity index is 757. The van der Waals surface area contributed by atoms with Gasteiger partial charge in [-0.3, -0.25) is 0 Å². The van der Waals surface area contributed by atoms with Gasteiger partial charge in [-0.1, -0.05) is 0 Å². The number of nitrogens with two attached hydrogens (primary N) is 1. The standard InChI is InChI=1S/C19H25FN6.HI/c1-24(2)18-13-15(7-8-22-18)14-23-19(21)26-11-9-25(10-12-26)17-5-3-16(20)4-6-17;/h3-8,13H,9-12,14H2,1-2H3,(H2,21,23);1H. The molecule has 0 spiro atoms. The van der Waals surface area contributed by atoms with Crippen molar-refractivity contribution < 1.29 is 4.39 Å². The summed E-state index contributed by atoms with van der Waals surface area (Å²) in [7, 11) is 3.93. The second-order valence-electron chi connectivity index (χ2n) is 6.54. The molecule has 1 aromatic heterocycles. The zero-order valence-electron chi connectivity index (χ0n) is 15.7. The van der Waals surface area contributed by atoms with E-state index in [0.717, 1.165) is 43.2 Å². The highest BCUT2D eigenvalue weighted by molar-refractivity contribution is 14.0. The number of guanidine groups is 1. The second-order valence-corrected chi connectivity index (χ2v) is 6.54. The van der Waals surface area contributed by atoms with Crippen molar-refractivity contribution in [3.05, 3.63) is 54.0 Å². The maximum Gasteiger partial charge on any atom is 0.191 e. The lowest BCUT2D eigenvalue weighted by molar-refractivity contribution is 0.380. The number of halogens is 2. The first-order chi connectivity index (χ1) is 12.5. The fraction of sp³-hybridized carbons (Fsp3) is 0.368. The van der Waals surface area contributed by atoms with E-state index in [0.29, 0.717) is 12.5 Å². The lowest BCUT2D eigenvalue weighted by Gasteiger charge is -2.36. The van der Waals surface area contributed by atoms with Crippen LogP contribution >= 0.6 is 24.0 Å². The molecule has 0 atom stereocenters. The molecule has 6 nitrogen and oxygen atoms in total. The van der Waals surface area contributed by atoms with Crippen LogP contribution in [0.1, 0.15) is 5.56 Å². The van der Waals surface area contributed by atoms with Gasteiger partial charge in [0.25, 0.3) is 0 Å². The topological polar surface area (TPSA) is 61.0 Å². The number of pyridine rings is 1. The Labute approximate surface area is 176 Å². The summed E-state index contributed by atoms with van der Waals surface area (Å²) in [5.41, 5.74) is 8.30. The summed E-state index contributed by atoms with van der Waals surface area (Å²) < 4.78 is 13.1. The molecule has 1 aromatic carbocycles. The maximum atomic E-state index is 13.1. The van der Waals surface area contributed by atoms with Gasteiger partial charge in [-0.15, -0.1) is 24.0 Å². The smallest absolute Gasteiger partial charge is 0.191 e. The van der Waals surface area contributed by atoms with Gasteiger partial charge in [-0.25, -0.2) is 14.4 Å². The molecule has 146 valence electrons. The van der Waals surface area contributed by atoms with Crippen LogP contribution in [0, 0.1) is 5.82 Å². The summed E-state index contributed by atoms with van der Waals surface area (Å²) in [6.07, 6.45) is 1.79. The third kappa shape index (κ3) is 5.69. The zero-order valence-corrected chi connectivity index (χ0v) is 18.0. The molecule has 27 heavy (non-hydrogen) atoms. The molecule has 2 heterocycles. The second kappa shape index (κ2) is 9.72. The van der Waals surface area contributed by atoms with E-state index < -0.39 is 0 Å². The van der Waals surface area contributed by atoms with Crippen LogP contribution in [0.25, 0.3) is 0 Å². The predicted octanol–water partition coefficient (Wildman–Crippen LogP) is 2.54. The Hall–Kier alpha value is -2.10. The largest absolute Gasteiger partial charge is 0.370 e. The summed E-state index contributed by atoms with van der Waals surface area (Å²) in [4.78, 5) is 15.1. The Morgan fingerprint density at radius 1 is 1.15 bits per heavy atom. The third-order valence-electron chi connectivity index (χ3n) is 4.49. The number of aliphatic imine (C=N–C) groups is 1. The van der Waals surface area contributed by atoms with Crippen LogP contribution in [-0.4, -0.2) is 56.1 Å². The van der Waals surface area contributed by atoms with E-state index in [1.807, 2.05) is 43.3 Å². The summed E-state index contributed by atoms with van der Waals surface area (Å²) in [5, 5.41) is 0. The van der Waals surface area contributed by atoms with Gasteiger partial charge in [-0.05, 0) is 42.0 Å². The molecule has 3 rings (SSSR count). The zero-order chi connectivity index (χ0) is 18.5. The minimum Gasteiger partial charge on any atom is -0.370 e. The first-order valence-corrected chi connectivity index (χ1v) is 8.70. The van der Waals surface area contributed by atoms with Crippen LogP contribution in [0.3, 0.4) is 0 Å². The molecule has 2 N–H and O–H groups in total. The van der Waals surface area contributed by atoms with Gasteiger partial charge in [0.1, 0.15) is 11.6 Å². The quantitative estimate of drug-likeness (QED) is 0.411. The first kappa shape index (κ1) is 21.2. The van der Waals surface area contributed by atoms with Gasteiger partial charge in [0, 0.05) is 52.2 Å². The van der Waals surface area contributed by atoms with Crippen molar-refractivity contribution in [1.29, 1.82) is 0 Å². The SMILES string of the molecule is CN(C)c1cc(CN=C(N)N2CCN(c3ccc(F)cc3)CC2)ccn1.I. The normalized spacial score (nSPS) is 14.7. The van der Waals surface area contributed by atoms with E-state index in [4.69, 9.17) is 5.73 Å². The van der Waals surface area contributed by atoms with Crippen molar-refractivity contribution in [2.45, 2.75) is 6.54 Å². The number of aromatic nitrogens is 1.